The summed E-state index contributed by atoms with van der Waals surface area (Å²) in [5, 5.41) is 11.8. The molecule has 1 aliphatic rings. The minimum absolute atomic E-state index is 0.0931. The minimum Gasteiger partial charge on any atom is -0.378 e. The normalized spacial score (nSPS) is 17.5. The summed E-state index contributed by atoms with van der Waals surface area (Å²) < 4.78 is 6.85. The van der Waals surface area contributed by atoms with Crippen LogP contribution in [0.2, 0.25) is 0 Å². The topological polar surface area (TPSA) is 99.2 Å². The Morgan fingerprint density at radius 1 is 1.53 bits per heavy atom. The van der Waals surface area contributed by atoms with Crippen LogP contribution in [0, 0.1) is 0 Å². The van der Waals surface area contributed by atoms with Gasteiger partial charge in [-0.1, -0.05) is 11.8 Å². The monoisotopic (exact) mass is 286 g/mol. The summed E-state index contributed by atoms with van der Waals surface area (Å²) in [6.07, 6.45) is 0. The van der Waals surface area contributed by atoms with E-state index in [0.717, 1.165) is 0 Å². The van der Waals surface area contributed by atoms with E-state index >= 15 is 0 Å². The molecule has 8 nitrogen and oxygen atoms in total. The van der Waals surface area contributed by atoms with Gasteiger partial charge in [0.15, 0.2) is 0 Å². The fourth-order valence-corrected chi connectivity index (χ4v) is 2.69. The number of hydrogen-bond donors (Lipinski definition) is 1. The second kappa shape index (κ2) is 6.83. The van der Waals surface area contributed by atoms with Crippen molar-refractivity contribution in [1.29, 1.82) is 0 Å². The fraction of sp³-hybridized carbons (Fsp3) is 0.800. The molecule has 0 saturated carbocycles. The molecule has 0 radical (unpaired) electrons. The van der Waals surface area contributed by atoms with Gasteiger partial charge in [-0.05, 0) is 17.4 Å². The van der Waals surface area contributed by atoms with Gasteiger partial charge in [-0.25, -0.2) is 4.68 Å². The summed E-state index contributed by atoms with van der Waals surface area (Å²) in [6.45, 7) is 5.39. The van der Waals surface area contributed by atoms with Crippen molar-refractivity contribution in [3.05, 3.63) is 0 Å². The Kier molecular flexibility index (Phi) is 5.11. The largest absolute Gasteiger partial charge is 0.378 e. The maximum Gasteiger partial charge on any atom is 0.236 e. The first-order chi connectivity index (χ1) is 9.22. The number of aromatic nitrogens is 4. The highest BCUT2D eigenvalue weighted by molar-refractivity contribution is 8.00. The van der Waals surface area contributed by atoms with Gasteiger partial charge in [-0.15, -0.1) is 5.10 Å². The second-order valence-corrected chi connectivity index (χ2v) is 5.48. The van der Waals surface area contributed by atoms with Crippen molar-refractivity contribution in [3.8, 4) is 0 Å². The summed E-state index contributed by atoms with van der Waals surface area (Å²) >= 11 is 1.36. The van der Waals surface area contributed by atoms with Crippen LogP contribution in [-0.4, -0.2) is 69.1 Å². The third-order valence-corrected chi connectivity index (χ3v) is 3.85. The molecule has 1 fully saturated rings. The fourth-order valence-electron chi connectivity index (χ4n) is 1.79. The number of thioether (sulfide) groups is 1. The third kappa shape index (κ3) is 3.64. The maximum absolute atomic E-state index is 12.2. The molecule has 1 amide bonds. The minimum atomic E-state index is -0.222. The predicted molar refractivity (Wildman–Crippen MR) is 69.6 cm³/mol. The summed E-state index contributed by atoms with van der Waals surface area (Å²) in [5.74, 6) is 0.0931. The van der Waals surface area contributed by atoms with Crippen LogP contribution >= 0.6 is 11.8 Å². The molecule has 106 valence electrons. The van der Waals surface area contributed by atoms with E-state index in [-0.39, 0.29) is 11.2 Å². The van der Waals surface area contributed by atoms with E-state index in [0.29, 0.717) is 44.5 Å². The molecular weight excluding hydrogens is 268 g/mol. The van der Waals surface area contributed by atoms with Gasteiger partial charge in [0.2, 0.25) is 11.1 Å². The van der Waals surface area contributed by atoms with E-state index in [2.05, 4.69) is 15.5 Å². The highest BCUT2D eigenvalue weighted by atomic mass is 32.2. The van der Waals surface area contributed by atoms with E-state index in [1.807, 2.05) is 11.8 Å². The molecule has 0 spiro atoms. The first kappa shape index (κ1) is 14.2. The lowest BCUT2D eigenvalue weighted by Crippen LogP contribution is -2.44. The van der Waals surface area contributed by atoms with Crippen molar-refractivity contribution in [1.82, 2.24) is 25.1 Å². The van der Waals surface area contributed by atoms with E-state index in [9.17, 15) is 4.79 Å². The molecule has 0 aliphatic carbocycles. The summed E-state index contributed by atoms with van der Waals surface area (Å²) in [5.41, 5.74) is 5.48. The molecule has 0 aromatic carbocycles. The molecule has 0 bridgehead atoms. The third-order valence-electron chi connectivity index (χ3n) is 2.79. The van der Waals surface area contributed by atoms with Crippen LogP contribution in [0.3, 0.4) is 0 Å². The van der Waals surface area contributed by atoms with Crippen molar-refractivity contribution in [2.24, 2.45) is 5.73 Å². The Morgan fingerprint density at radius 3 is 2.95 bits per heavy atom. The summed E-state index contributed by atoms with van der Waals surface area (Å²) in [4.78, 5) is 14.1. The molecule has 1 saturated heterocycles. The van der Waals surface area contributed by atoms with Crippen molar-refractivity contribution in [3.63, 3.8) is 0 Å². The highest BCUT2D eigenvalue weighted by Gasteiger charge is 2.24. The van der Waals surface area contributed by atoms with Gasteiger partial charge in [0, 0.05) is 19.6 Å². The van der Waals surface area contributed by atoms with Gasteiger partial charge in [-0.2, -0.15) is 0 Å². The van der Waals surface area contributed by atoms with Gasteiger partial charge in [-0.3, -0.25) is 4.79 Å². The Balaban J connectivity index is 1.93. The molecule has 1 atom stereocenters. The number of rotatable bonds is 5. The first-order valence-corrected chi connectivity index (χ1v) is 7.09. The molecule has 2 heterocycles. The van der Waals surface area contributed by atoms with Crippen molar-refractivity contribution < 1.29 is 9.53 Å². The summed E-state index contributed by atoms with van der Waals surface area (Å²) in [6, 6.07) is 0. The average Bonchev–Trinajstić information content (AvgIpc) is 2.86. The van der Waals surface area contributed by atoms with Gasteiger partial charge in [0.1, 0.15) is 0 Å². The van der Waals surface area contributed by atoms with Crippen molar-refractivity contribution in [2.45, 2.75) is 23.9 Å². The van der Waals surface area contributed by atoms with Crippen LogP contribution in [0.5, 0.6) is 0 Å². The molecule has 9 heteroatoms. The van der Waals surface area contributed by atoms with E-state index in [1.54, 1.807) is 4.68 Å². The lowest BCUT2D eigenvalue weighted by Gasteiger charge is -2.28. The molecule has 2 rings (SSSR count). The number of tetrazole rings is 1. The second-order valence-electron chi connectivity index (χ2n) is 4.17. The van der Waals surface area contributed by atoms with Crippen LogP contribution in [0.15, 0.2) is 5.16 Å². The number of morpholine rings is 1. The Labute approximate surface area is 115 Å². The SMILES string of the molecule is CC(Sc1nnnn1CCN)C(=O)N1CCOCC1. The lowest BCUT2D eigenvalue weighted by molar-refractivity contribution is -0.134. The first-order valence-electron chi connectivity index (χ1n) is 6.22. The lowest BCUT2D eigenvalue weighted by atomic mass is 10.3. The van der Waals surface area contributed by atoms with Crippen LogP contribution in [0.25, 0.3) is 0 Å². The van der Waals surface area contributed by atoms with Crippen molar-refractivity contribution in [2.75, 3.05) is 32.8 Å². The van der Waals surface area contributed by atoms with Crippen LogP contribution in [-0.2, 0) is 16.1 Å². The number of carbonyl (C=O) groups excluding carboxylic acids is 1. The summed E-state index contributed by atoms with van der Waals surface area (Å²) in [7, 11) is 0. The molecule has 1 aromatic rings. The van der Waals surface area contributed by atoms with Gasteiger partial charge in [0.05, 0.1) is 25.0 Å². The van der Waals surface area contributed by atoms with Crippen LogP contribution in [0.1, 0.15) is 6.92 Å². The number of amides is 1. The van der Waals surface area contributed by atoms with Gasteiger partial charge < -0.3 is 15.4 Å². The smallest absolute Gasteiger partial charge is 0.236 e. The zero-order chi connectivity index (χ0) is 13.7. The molecule has 1 unspecified atom stereocenters. The predicted octanol–water partition coefficient (Wildman–Crippen LogP) is -1.03. The number of ether oxygens (including phenoxy) is 1. The quantitative estimate of drug-likeness (QED) is 0.691. The van der Waals surface area contributed by atoms with E-state index in [4.69, 9.17) is 10.5 Å². The Morgan fingerprint density at radius 2 is 2.26 bits per heavy atom. The van der Waals surface area contributed by atoms with Crippen LogP contribution in [0.4, 0.5) is 0 Å². The standard InChI is InChI=1S/C10H18N6O2S/c1-8(9(17)15-4-6-18-7-5-15)19-10-12-13-14-16(10)3-2-11/h8H,2-7,11H2,1H3. The number of nitrogens with zero attached hydrogens (tertiary/aromatic N) is 5. The molecule has 2 N–H and O–H groups in total. The van der Waals surface area contributed by atoms with Gasteiger partial charge in [0.25, 0.3) is 0 Å². The van der Waals surface area contributed by atoms with E-state index in [1.165, 1.54) is 11.8 Å². The Hall–Kier alpha value is -1.19. The average molecular weight is 286 g/mol. The molecule has 1 aliphatic heterocycles. The molecule has 1 aromatic heterocycles. The Bertz CT molecular complexity index is 420. The van der Waals surface area contributed by atoms with Gasteiger partial charge >= 0.3 is 0 Å². The zero-order valence-electron chi connectivity index (χ0n) is 10.9. The van der Waals surface area contributed by atoms with Crippen molar-refractivity contribution >= 4 is 17.7 Å². The van der Waals surface area contributed by atoms with E-state index < -0.39 is 0 Å². The molecule has 19 heavy (non-hydrogen) atoms. The maximum atomic E-state index is 12.2. The van der Waals surface area contributed by atoms with Crippen LogP contribution < -0.4 is 5.73 Å². The number of carbonyl (C=O) groups is 1. The zero-order valence-corrected chi connectivity index (χ0v) is 11.7. The molecular formula is C10H18N6O2S. The highest BCUT2D eigenvalue weighted by Crippen LogP contribution is 2.21. The number of hydrogen-bond acceptors (Lipinski definition) is 7. The number of nitrogens with two attached hydrogens (primary N) is 1.